The summed E-state index contributed by atoms with van der Waals surface area (Å²) >= 11 is 1.85. The third-order valence-electron chi connectivity index (χ3n) is 3.89. The zero-order valence-corrected chi connectivity index (χ0v) is 14.5. The van der Waals surface area contributed by atoms with E-state index in [4.69, 9.17) is 9.72 Å². The van der Waals surface area contributed by atoms with E-state index in [0.29, 0.717) is 6.10 Å². The molecular weight excluding hydrogens is 282 g/mol. The maximum absolute atomic E-state index is 5.78. The molecule has 0 aromatic carbocycles. The van der Waals surface area contributed by atoms with Crippen LogP contribution in [-0.4, -0.2) is 37.3 Å². The Bertz CT molecular complexity index is 416. The molecule has 0 bridgehead atoms. The van der Waals surface area contributed by atoms with Crippen molar-refractivity contribution in [2.75, 3.05) is 31.1 Å². The summed E-state index contributed by atoms with van der Waals surface area (Å²) in [5, 5.41) is 4.60. The molecule has 120 valence electrons. The zero-order valence-electron chi connectivity index (χ0n) is 13.7. The molecule has 0 saturated carbocycles. The van der Waals surface area contributed by atoms with Crippen LogP contribution in [0.25, 0.3) is 0 Å². The molecule has 0 spiro atoms. The number of ether oxygens (including phenoxy) is 1. The number of thiazole rings is 1. The molecule has 0 radical (unpaired) electrons. The first-order valence-electron chi connectivity index (χ1n) is 8.34. The Kier molecular flexibility index (Phi) is 6.93. The van der Waals surface area contributed by atoms with Gasteiger partial charge in [-0.2, -0.15) is 0 Å². The fraction of sp³-hybridized carbons (Fsp3) is 0.812. The van der Waals surface area contributed by atoms with Crippen LogP contribution in [-0.2, 0) is 17.7 Å². The highest BCUT2D eigenvalue weighted by Gasteiger charge is 2.21. The van der Waals surface area contributed by atoms with E-state index in [1.54, 1.807) is 0 Å². The van der Waals surface area contributed by atoms with Crippen molar-refractivity contribution in [1.82, 2.24) is 10.3 Å². The van der Waals surface area contributed by atoms with Crippen LogP contribution in [0.5, 0.6) is 0 Å². The summed E-state index contributed by atoms with van der Waals surface area (Å²) in [6, 6.07) is 0. The second-order valence-electron chi connectivity index (χ2n) is 5.57. The molecule has 1 N–H and O–H groups in total. The number of rotatable bonds is 9. The average molecular weight is 311 g/mol. The molecular formula is C16H29N3OS. The van der Waals surface area contributed by atoms with Gasteiger partial charge >= 0.3 is 0 Å². The van der Waals surface area contributed by atoms with Crippen LogP contribution in [0.3, 0.4) is 0 Å². The van der Waals surface area contributed by atoms with E-state index in [-0.39, 0.29) is 0 Å². The topological polar surface area (TPSA) is 37.4 Å². The lowest BCUT2D eigenvalue weighted by Crippen LogP contribution is -2.31. The van der Waals surface area contributed by atoms with Crippen LogP contribution in [0.1, 0.15) is 50.6 Å². The first kappa shape index (κ1) is 16.7. The maximum atomic E-state index is 5.78. The van der Waals surface area contributed by atoms with E-state index in [2.05, 4.69) is 31.0 Å². The number of aromatic nitrogens is 1. The van der Waals surface area contributed by atoms with Crippen LogP contribution in [0.2, 0.25) is 0 Å². The number of likely N-dealkylation sites (N-methyl/N-ethyl adjacent to an activating group) is 1. The van der Waals surface area contributed by atoms with Crippen molar-refractivity contribution in [3.63, 3.8) is 0 Å². The summed E-state index contributed by atoms with van der Waals surface area (Å²) in [4.78, 5) is 8.70. The highest BCUT2D eigenvalue weighted by atomic mass is 32.1. The fourth-order valence-electron chi connectivity index (χ4n) is 2.69. The van der Waals surface area contributed by atoms with Gasteiger partial charge in [0, 0.05) is 31.1 Å². The Morgan fingerprint density at radius 1 is 1.38 bits per heavy atom. The lowest BCUT2D eigenvalue weighted by atomic mass is 10.2. The van der Waals surface area contributed by atoms with Crippen molar-refractivity contribution in [1.29, 1.82) is 0 Å². The Morgan fingerprint density at radius 2 is 2.24 bits per heavy atom. The summed E-state index contributed by atoms with van der Waals surface area (Å²) in [7, 11) is 0. The summed E-state index contributed by atoms with van der Waals surface area (Å²) in [6.45, 7) is 11.4. The predicted octanol–water partition coefficient (Wildman–Crippen LogP) is 3.21. The third-order valence-corrected chi connectivity index (χ3v) is 5.05. The van der Waals surface area contributed by atoms with Crippen LogP contribution in [0, 0.1) is 0 Å². The van der Waals surface area contributed by atoms with E-state index in [1.807, 2.05) is 11.3 Å². The molecule has 1 fully saturated rings. The van der Waals surface area contributed by atoms with Crippen molar-refractivity contribution in [2.24, 2.45) is 0 Å². The zero-order chi connectivity index (χ0) is 15.1. The third kappa shape index (κ3) is 4.66. The number of nitrogens with one attached hydrogen (secondary N) is 1. The van der Waals surface area contributed by atoms with Gasteiger partial charge in [0.05, 0.1) is 11.8 Å². The van der Waals surface area contributed by atoms with Gasteiger partial charge in [0.25, 0.3) is 0 Å². The highest BCUT2D eigenvalue weighted by molar-refractivity contribution is 7.15. The van der Waals surface area contributed by atoms with Gasteiger partial charge in [-0.3, -0.25) is 0 Å². The molecule has 0 aliphatic carbocycles. The number of hydrogen-bond acceptors (Lipinski definition) is 5. The van der Waals surface area contributed by atoms with Gasteiger partial charge in [-0.25, -0.2) is 4.98 Å². The Morgan fingerprint density at radius 3 is 2.86 bits per heavy atom. The molecule has 2 heterocycles. The van der Waals surface area contributed by atoms with Gasteiger partial charge in [-0.1, -0.05) is 20.3 Å². The average Bonchev–Trinajstić information content (AvgIpc) is 3.13. The van der Waals surface area contributed by atoms with Crippen LogP contribution in [0.4, 0.5) is 5.13 Å². The molecule has 5 heteroatoms. The summed E-state index contributed by atoms with van der Waals surface area (Å²) in [5.41, 5.74) is 1.28. The summed E-state index contributed by atoms with van der Waals surface area (Å²) in [6.07, 6.45) is 5.01. The van der Waals surface area contributed by atoms with Crippen molar-refractivity contribution in [3.05, 3.63) is 10.6 Å². The van der Waals surface area contributed by atoms with E-state index in [9.17, 15) is 0 Å². The molecule has 1 aliphatic rings. The second kappa shape index (κ2) is 8.71. The Hall–Kier alpha value is -0.650. The summed E-state index contributed by atoms with van der Waals surface area (Å²) < 4.78 is 5.78. The number of aryl methyl sites for hydroxylation is 1. The van der Waals surface area contributed by atoms with Crippen molar-refractivity contribution in [3.8, 4) is 0 Å². The minimum absolute atomic E-state index is 0.390. The van der Waals surface area contributed by atoms with E-state index in [0.717, 1.165) is 45.6 Å². The van der Waals surface area contributed by atoms with E-state index in [1.165, 1.54) is 28.5 Å². The van der Waals surface area contributed by atoms with Gasteiger partial charge < -0.3 is 15.0 Å². The molecule has 1 unspecified atom stereocenters. The number of anilines is 1. The first-order valence-corrected chi connectivity index (χ1v) is 9.15. The van der Waals surface area contributed by atoms with Crippen molar-refractivity contribution >= 4 is 16.5 Å². The van der Waals surface area contributed by atoms with E-state index >= 15 is 0 Å². The van der Waals surface area contributed by atoms with Gasteiger partial charge in [0.2, 0.25) is 0 Å². The van der Waals surface area contributed by atoms with Crippen LogP contribution >= 0.6 is 11.3 Å². The molecule has 0 amide bonds. The lowest BCUT2D eigenvalue weighted by molar-refractivity contribution is 0.115. The van der Waals surface area contributed by atoms with Crippen LogP contribution in [0.15, 0.2) is 0 Å². The molecule has 1 atom stereocenters. The van der Waals surface area contributed by atoms with Gasteiger partial charge in [0.1, 0.15) is 0 Å². The second-order valence-corrected chi connectivity index (χ2v) is 6.63. The molecule has 21 heavy (non-hydrogen) atoms. The normalized spacial score (nSPS) is 18.3. The number of hydrogen-bond donors (Lipinski definition) is 1. The molecule has 1 saturated heterocycles. The largest absolute Gasteiger partial charge is 0.376 e. The van der Waals surface area contributed by atoms with Gasteiger partial charge in [-0.15, -0.1) is 11.3 Å². The minimum Gasteiger partial charge on any atom is -0.376 e. The number of nitrogens with zero attached hydrogens (tertiary/aromatic N) is 2. The molecule has 1 aromatic heterocycles. The molecule has 2 rings (SSSR count). The Labute approximate surface area is 132 Å². The SMILES string of the molecule is CCCc1nc(N(CC)CC2CCCO2)sc1CNCC. The predicted molar refractivity (Wildman–Crippen MR) is 90.4 cm³/mol. The minimum atomic E-state index is 0.390. The van der Waals surface area contributed by atoms with Crippen molar-refractivity contribution in [2.45, 2.75) is 59.1 Å². The van der Waals surface area contributed by atoms with Crippen LogP contribution < -0.4 is 10.2 Å². The quantitative estimate of drug-likeness (QED) is 0.760. The molecule has 1 aromatic rings. The van der Waals surface area contributed by atoms with Gasteiger partial charge in [-0.05, 0) is 32.7 Å². The standard InChI is InChI=1S/C16H29N3OS/c1-4-8-14-15(11-17-5-2)21-16(18-14)19(6-3)12-13-9-7-10-20-13/h13,17H,4-12H2,1-3H3. The van der Waals surface area contributed by atoms with Gasteiger partial charge in [0.15, 0.2) is 5.13 Å². The first-order chi connectivity index (χ1) is 10.3. The summed E-state index contributed by atoms with van der Waals surface area (Å²) in [5.74, 6) is 0. The monoisotopic (exact) mass is 311 g/mol. The molecule has 1 aliphatic heterocycles. The maximum Gasteiger partial charge on any atom is 0.185 e. The van der Waals surface area contributed by atoms with E-state index < -0.39 is 0 Å². The highest BCUT2D eigenvalue weighted by Crippen LogP contribution is 2.28. The van der Waals surface area contributed by atoms with Crippen molar-refractivity contribution < 1.29 is 4.74 Å². The Balaban J connectivity index is 2.07. The fourth-order valence-corrected chi connectivity index (χ4v) is 3.84. The smallest absolute Gasteiger partial charge is 0.185 e. The lowest BCUT2D eigenvalue weighted by Gasteiger charge is -2.23. The molecule has 4 nitrogen and oxygen atoms in total.